The molecule has 0 unspecified atom stereocenters. The Morgan fingerprint density at radius 2 is 1.23 bits per heavy atom. The Hall–Kier alpha value is -2.30. The molecule has 0 N–H and O–H groups in total. The average Bonchev–Trinajstić information content (AvgIpc) is 2.72. The highest BCUT2D eigenvalue weighted by molar-refractivity contribution is 8.10. The molecule has 0 heterocycles. The van der Waals surface area contributed by atoms with Crippen molar-refractivity contribution in [3.05, 3.63) is 89.8 Å². The van der Waals surface area contributed by atoms with Gasteiger partial charge in [-0.15, -0.1) is 0 Å². The molecule has 0 saturated carbocycles. The standard InChI is InChI=1S/C22H20O2S2/c1-23-18-8-12-20(13-9-18)25-16-22(17-6-4-3-5-7-17)26-21-14-10-19(24-2)11-15-21/h3-16H,1-2H3/b22-16-. The van der Waals surface area contributed by atoms with Gasteiger partial charge in [0, 0.05) is 14.7 Å². The number of thioether (sulfide) groups is 2. The van der Waals surface area contributed by atoms with Gasteiger partial charge in [0.15, 0.2) is 0 Å². The van der Waals surface area contributed by atoms with Gasteiger partial charge in [-0.25, -0.2) is 0 Å². The van der Waals surface area contributed by atoms with Gasteiger partial charge >= 0.3 is 0 Å². The second-order valence-electron chi connectivity index (χ2n) is 5.42. The number of benzene rings is 3. The van der Waals surface area contributed by atoms with Crippen LogP contribution in [0.4, 0.5) is 0 Å². The van der Waals surface area contributed by atoms with E-state index in [-0.39, 0.29) is 0 Å². The summed E-state index contributed by atoms with van der Waals surface area (Å²) in [7, 11) is 3.37. The van der Waals surface area contributed by atoms with E-state index in [1.165, 1.54) is 20.3 Å². The number of ether oxygens (including phenoxy) is 2. The van der Waals surface area contributed by atoms with Gasteiger partial charge in [-0.1, -0.05) is 53.9 Å². The van der Waals surface area contributed by atoms with Crippen LogP contribution < -0.4 is 9.47 Å². The Labute approximate surface area is 163 Å². The first-order valence-corrected chi connectivity index (χ1v) is 9.86. The topological polar surface area (TPSA) is 18.5 Å². The lowest BCUT2D eigenvalue weighted by atomic mass is 10.2. The van der Waals surface area contributed by atoms with Crippen LogP contribution in [0.5, 0.6) is 11.5 Å². The molecule has 0 saturated heterocycles. The van der Waals surface area contributed by atoms with Gasteiger partial charge in [0.1, 0.15) is 11.5 Å². The van der Waals surface area contributed by atoms with Crippen molar-refractivity contribution in [1.82, 2.24) is 0 Å². The molecule has 0 aliphatic rings. The number of rotatable bonds is 7. The van der Waals surface area contributed by atoms with E-state index in [0.29, 0.717) is 0 Å². The van der Waals surface area contributed by atoms with Crippen LogP contribution in [0, 0.1) is 0 Å². The van der Waals surface area contributed by atoms with Crippen LogP contribution in [0.25, 0.3) is 4.91 Å². The van der Waals surface area contributed by atoms with Crippen molar-refractivity contribution >= 4 is 28.4 Å². The molecule has 132 valence electrons. The van der Waals surface area contributed by atoms with Crippen molar-refractivity contribution in [2.45, 2.75) is 9.79 Å². The summed E-state index contributed by atoms with van der Waals surface area (Å²) in [5.74, 6) is 1.74. The third-order valence-electron chi connectivity index (χ3n) is 3.71. The molecule has 2 nitrogen and oxygen atoms in total. The molecule has 0 radical (unpaired) electrons. The van der Waals surface area contributed by atoms with Crippen LogP contribution in [-0.4, -0.2) is 14.2 Å². The maximum Gasteiger partial charge on any atom is 0.118 e. The van der Waals surface area contributed by atoms with Gasteiger partial charge in [0.05, 0.1) is 14.2 Å². The zero-order valence-corrected chi connectivity index (χ0v) is 16.3. The summed E-state index contributed by atoms with van der Waals surface area (Å²) in [4.78, 5) is 3.56. The molecule has 0 spiro atoms. The molecular weight excluding hydrogens is 360 g/mol. The molecule has 3 aromatic carbocycles. The monoisotopic (exact) mass is 380 g/mol. The van der Waals surface area contributed by atoms with Crippen molar-refractivity contribution in [1.29, 1.82) is 0 Å². The van der Waals surface area contributed by atoms with Crippen LogP contribution in [0.1, 0.15) is 5.56 Å². The van der Waals surface area contributed by atoms with Crippen LogP contribution >= 0.6 is 23.5 Å². The van der Waals surface area contributed by atoms with Gasteiger partial charge in [-0.3, -0.25) is 0 Å². The molecule has 0 atom stereocenters. The third kappa shape index (κ3) is 5.10. The fourth-order valence-corrected chi connectivity index (χ4v) is 4.09. The minimum absolute atomic E-state index is 0.868. The van der Waals surface area contributed by atoms with Crippen LogP contribution in [0.2, 0.25) is 0 Å². The van der Waals surface area contributed by atoms with E-state index in [2.05, 4.69) is 53.9 Å². The smallest absolute Gasteiger partial charge is 0.118 e. The van der Waals surface area contributed by atoms with Crippen LogP contribution in [-0.2, 0) is 0 Å². The zero-order chi connectivity index (χ0) is 18.2. The van der Waals surface area contributed by atoms with E-state index in [1.54, 1.807) is 37.7 Å². The Morgan fingerprint density at radius 1 is 0.692 bits per heavy atom. The first-order chi connectivity index (χ1) is 12.8. The highest BCUT2D eigenvalue weighted by atomic mass is 32.2. The molecular formula is C22H20O2S2. The normalized spacial score (nSPS) is 11.2. The van der Waals surface area contributed by atoms with Crippen molar-refractivity contribution in [3.8, 4) is 11.5 Å². The summed E-state index contributed by atoms with van der Waals surface area (Å²) in [5.41, 5.74) is 1.20. The maximum atomic E-state index is 5.24. The second kappa shape index (κ2) is 9.41. The Kier molecular flexibility index (Phi) is 6.69. The van der Waals surface area contributed by atoms with E-state index in [4.69, 9.17) is 9.47 Å². The lowest BCUT2D eigenvalue weighted by Gasteiger charge is -2.09. The molecule has 0 fully saturated rings. The summed E-state index contributed by atoms with van der Waals surface area (Å²) in [5, 5.41) is 2.20. The molecule has 0 aliphatic carbocycles. The first kappa shape index (κ1) is 18.5. The van der Waals surface area contributed by atoms with Crippen molar-refractivity contribution in [2.75, 3.05) is 14.2 Å². The zero-order valence-electron chi connectivity index (χ0n) is 14.7. The molecule has 4 heteroatoms. The molecule has 0 aliphatic heterocycles. The Bertz CT molecular complexity index is 842. The highest BCUT2D eigenvalue weighted by Gasteiger charge is 2.05. The molecule has 0 bridgehead atoms. The van der Waals surface area contributed by atoms with Gasteiger partial charge in [-0.2, -0.15) is 0 Å². The van der Waals surface area contributed by atoms with Gasteiger partial charge in [0.25, 0.3) is 0 Å². The number of methoxy groups -OCH3 is 2. The molecule has 3 rings (SSSR count). The van der Waals surface area contributed by atoms with E-state index in [1.807, 2.05) is 30.3 Å². The van der Waals surface area contributed by atoms with Gasteiger partial charge < -0.3 is 9.47 Å². The summed E-state index contributed by atoms with van der Waals surface area (Å²) in [6.45, 7) is 0. The van der Waals surface area contributed by atoms with Gasteiger partial charge in [0.2, 0.25) is 0 Å². The third-order valence-corrected chi connectivity index (χ3v) is 5.84. The molecule has 0 amide bonds. The van der Waals surface area contributed by atoms with E-state index >= 15 is 0 Å². The maximum absolute atomic E-state index is 5.24. The summed E-state index contributed by atoms with van der Waals surface area (Å²) in [6.07, 6.45) is 0. The highest BCUT2D eigenvalue weighted by Crippen LogP contribution is 2.38. The summed E-state index contributed by atoms with van der Waals surface area (Å²) >= 11 is 3.45. The average molecular weight is 381 g/mol. The van der Waals surface area contributed by atoms with Crippen LogP contribution in [0.3, 0.4) is 0 Å². The second-order valence-corrected chi connectivity index (χ2v) is 7.48. The molecule has 3 aromatic rings. The fourth-order valence-electron chi connectivity index (χ4n) is 2.30. The van der Waals surface area contributed by atoms with Crippen molar-refractivity contribution in [2.24, 2.45) is 0 Å². The predicted molar refractivity (Wildman–Crippen MR) is 112 cm³/mol. The Balaban J connectivity index is 1.82. The fraction of sp³-hybridized carbons (Fsp3) is 0.0909. The quantitative estimate of drug-likeness (QED) is 0.430. The van der Waals surface area contributed by atoms with E-state index in [0.717, 1.165) is 11.5 Å². The minimum Gasteiger partial charge on any atom is -0.497 e. The van der Waals surface area contributed by atoms with E-state index < -0.39 is 0 Å². The van der Waals surface area contributed by atoms with E-state index in [9.17, 15) is 0 Å². The molecule has 26 heavy (non-hydrogen) atoms. The predicted octanol–water partition coefficient (Wildman–Crippen LogP) is 6.59. The minimum atomic E-state index is 0.868. The number of hydrogen-bond donors (Lipinski definition) is 0. The number of hydrogen-bond acceptors (Lipinski definition) is 4. The van der Waals surface area contributed by atoms with Crippen molar-refractivity contribution < 1.29 is 9.47 Å². The summed E-state index contributed by atoms with van der Waals surface area (Å²) < 4.78 is 10.5. The van der Waals surface area contributed by atoms with Crippen LogP contribution in [0.15, 0.2) is 94.1 Å². The summed E-state index contributed by atoms with van der Waals surface area (Å²) in [6, 6.07) is 26.7. The lowest BCUT2D eigenvalue weighted by molar-refractivity contribution is 0.414. The lowest BCUT2D eigenvalue weighted by Crippen LogP contribution is -1.83. The van der Waals surface area contributed by atoms with Crippen molar-refractivity contribution in [3.63, 3.8) is 0 Å². The van der Waals surface area contributed by atoms with Gasteiger partial charge in [-0.05, 0) is 59.5 Å². The SMILES string of the molecule is COc1ccc(S/C=C(\Sc2ccc(OC)cc2)c2ccccc2)cc1. The Morgan fingerprint density at radius 3 is 1.77 bits per heavy atom. The molecule has 0 aromatic heterocycles. The first-order valence-electron chi connectivity index (χ1n) is 8.16. The largest absolute Gasteiger partial charge is 0.497 e.